The SMILES string of the molecule is Cc1ccc(CN(C)C(=O)NC(C)C)cc1. The first-order valence-electron chi connectivity index (χ1n) is 5.56. The van der Waals surface area contributed by atoms with Crippen molar-refractivity contribution in [2.45, 2.75) is 33.4 Å². The van der Waals surface area contributed by atoms with Crippen LogP contribution in [0.15, 0.2) is 24.3 Å². The van der Waals surface area contributed by atoms with Crippen LogP contribution in [0, 0.1) is 6.92 Å². The van der Waals surface area contributed by atoms with Gasteiger partial charge in [0.05, 0.1) is 0 Å². The molecule has 0 aliphatic heterocycles. The van der Waals surface area contributed by atoms with Crippen LogP contribution in [0.25, 0.3) is 0 Å². The Morgan fingerprint density at radius 1 is 1.31 bits per heavy atom. The molecule has 1 N–H and O–H groups in total. The second-order valence-corrected chi connectivity index (χ2v) is 4.45. The van der Waals surface area contributed by atoms with Crippen molar-refractivity contribution in [2.75, 3.05) is 7.05 Å². The summed E-state index contributed by atoms with van der Waals surface area (Å²) in [6.07, 6.45) is 0. The van der Waals surface area contributed by atoms with Crippen molar-refractivity contribution in [3.8, 4) is 0 Å². The predicted molar refractivity (Wildman–Crippen MR) is 66.3 cm³/mol. The lowest BCUT2D eigenvalue weighted by molar-refractivity contribution is 0.204. The van der Waals surface area contributed by atoms with Gasteiger partial charge in [0.1, 0.15) is 0 Å². The molecule has 0 bridgehead atoms. The van der Waals surface area contributed by atoms with E-state index in [1.807, 2.05) is 13.8 Å². The molecule has 0 atom stereocenters. The second kappa shape index (κ2) is 5.54. The van der Waals surface area contributed by atoms with Crippen LogP contribution in [-0.4, -0.2) is 24.0 Å². The average molecular weight is 220 g/mol. The van der Waals surface area contributed by atoms with Gasteiger partial charge in [-0.15, -0.1) is 0 Å². The highest BCUT2D eigenvalue weighted by Gasteiger charge is 2.09. The summed E-state index contributed by atoms with van der Waals surface area (Å²) >= 11 is 0. The molecule has 0 saturated heterocycles. The van der Waals surface area contributed by atoms with Gasteiger partial charge in [-0.3, -0.25) is 0 Å². The van der Waals surface area contributed by atoms with Crippen molar-refractivity contribution in [3.63, 3.8) is 0 Å². The maximum atomic E-state index is 11.6. The quantitative estimate of drug-likeness (QED) is 0.834. The van der Waals surface area contributed by atoms with Crippen LogP contribution < -0.4 is 5.32 Å². The Morgan fingerprint density at radius 3 is 2.38 bits per heavy atom. The van der Waals surface area contributed by atoms with E-state index in [4.69, 9.17) is 0 Å². The smallest absolute Gasteiger partial charge is 0.317 e. The molecular weight excluding hydrogens is 200 g/mol. The zero-order valence-electron chi connectivity index (χ0n) is 10.4. The van der Waals surface area contributed by atoms with Crippen LogP contribution in [0.4, 0.5) is 4.79 Å². The normalized spacial score (nSPS) is 10.3. The van der Waals surface area contributed by atoms with Crippen LogP contribution in [0.1, 0.15) is 25.0 Å². The van der Waals surface area contributed by atoms with E-state index in [2.05, 4.69) is 36.5 Å². The Bertz CT molecular complexity index is 343. The molecule has 0 heterocycles. The van der Waals surface area contributed by atoms with E-state index in [1.165, 1.54) is 5.56 Å². The Labute approximate surface area is 97.5 Å². The maximum Gasteiger partial charge on any atom is 0.317 e. The van der Waals surface area contributed by atoms with E-state index in [0.717, 1.165) is 5.56 Å². The molecule has 0 aliphatic carbocycles. The van der Waals surface area contributed by atoms with Gasteiger partial charge in [-0.05, 0) is 26.3 Å². The van der Waals surface area contributed by atoms with Gasteiger partial charge >= 0.3 is 6.03 Å². The minimum absolute atomic E-state index is 0.0319. The van der Waals surface area contributed by atoms with Crippen LogP contribution in [0.3, 0.4) is 0 Å². The molecule has 2 amide bonds. The lowest BCUT2D eigenvalue weighted by Gasteiger charge is -2.19. The van der Waals surface area contributed by atoms with Crippen molar-refractivity contribution in [2.24, 2.45) is 0 Å². The molecule has 16 heavy (non-hydrogen) atoms. The summed E-state index contributed by atoms with van der Waals surface area (Å²) in [5.74, 6) is 0. The van der Waals surface area contributed by atoms with Gasteiger partial charge in [-0.2, -0.15) is 0 Å². The third kappa shape index (κ3) is 3.93. The number of carbonyl (C=O) groups excluding carboxylic acids is 1. The van der Waals surface area contributed by atoms with Crippen molar-refractivity contribution in [3.05, 3.63) is 35.4 Å². The molecule has 0 radical (unpaired) electrons. The molecule has 0 saturated carbocycles. The predicted octanol–water partition coefficient (Wildman–Crippen LogP) is 2.54. The summed E-state index contributed by atoms with van der Waals surface area (Å²) in [6, 6.07) is 8.36. The minimum Gasteiger partial charge on any atom is -0.336 e. The van der Waals surface area contributed by atoms with E-state index < -0.39 is 0 Å². The number of nitrogens with zero attached hydrogens (tertiary/aromatic N) is 1. The van der Waals surface area contributed by atoms with Gasteiger partial charge in [0.15, 0.2) is 0 Å². The van der Waals surface area contributed by atoms with Gasteiger partial charge in [0, 0.05) is 19.6 Å². The van der Waals surface area contributed by atoms with Crippen molar-refractivity contribution in [1.29, 1.82) is 0 Å². The number of hydrogen-bond acceptors (Lipinski definition) is 1. The van der Waals surface area contributed by atoms with E-state index in [1.54, 1.807) is 11.9 Å². The Kier molecular flexibility index (Phi) is 4.35. The molecule has 0 spiro atoms. The molecule has 1 rings (SSSR count). The summed E-state index contributed by atoms with van der Waals surface area (Å²) in [7, 11) is 1.80. The molecule has 3 heteroatoms. The van der Waals surface area contributed by atoms with Crippen LogP contribution in [0.5, 0.6) is 0 Å². The Balaban J connectivity index is 2.53. The van der Waals surface area contributed by atoms with Gasteiger partial charge in [-0.1, -0.05) is 29.8 Å². The molecule has 88 valence electrons. The molecule has 0 fully saturated rings. The lowest BCUT2D eigenvalue weighted by atomic mass is 10.1. The van der Waals surface area contributed by atoms with Gasteiger partial charge in [0.25, 0.3) is 0 Å². The number of rotatable bonds is 3. The number of urea groups is 1. The Morgan fingerprint density at radius 2 is 1.88 bits per heavy atom. The largest absolute Gasteiger partial charge is 0.336 e. The zero-order chi connectivity index (χ0) is 12.1. The monoisotopic (exact) mass is 220 g/mol. The first kappa shape index (κ1) is 12.6. The zero-order valence-corrected chi connectivity index (χ0v) is 10.4. The summed E-state index contributed by atoms with van der Waals surface area (Å²) in [5, 5.41) is 2.86. The highest BCUT2D eigenvalue weighted by molar-refractivity contribution is 5.74. The standard InChI is InChI=1S/C13H20N2O/c1-10(2)14-13(16)15(4)9-12-7-5-11(3)6-8-12/h5-8,10H,9H2,1-4H3,(H,14,16). The molecule has 3 nitrogen and oxygen atoms in total. The number of carbonyl (C=O) groups is 1. The minimum atomic E-state index is -0.0319. The van der Waals surface area contributed by atoms with Crippen molar-refractivity contribution in [1.82, 2.24) is 10.2 Å². The average Bonchev–Trinajstić information content (AvgIpc) is 2.20. The van der Waals surface area contributed by atoms with E-state index in [-0.39, 0.29) is 12.1 Å². The molecular formula is C13H20N2O. The fourth-order valence-corrected chi connectivity index (χ4v) is 1.40. The van der Waals surface area contributed by atoms with Gasteiger partial charge < -0.3 is 10.2 Å². The molecule has 0 unspecified atom stereocenters. The molecule has 1 aromatic carbocycles. The molecule has 0 aromatic heterocycles. The van der Waals surface area contributed by atoms with E-state index in [9.17, 15) is 4.79 Å². The second-order valence-electron chi connectivity index (χ2n) is 4.45. The van der Waals surface area contributed by atoms with Crippen LogP contribution in [0.2, 0.25) is 0 Å². The third-order valence-electron chi connectivity index (χ3n) is 2.30. The molecule has 1 aromatic rings. The van der Waals surface area contributed by atoms with Crippen LogP contribution >= 0.6 is 0 Å². The topological polar surface area (TPSA) is 32.3 Å². The number of nitrogens with one attached hydrogen (secondary N) is 1. The highest BCUT2D eigenvalue weighted by Crippen LogP contribution is 2.05. The van der Waals surface area contributed by atoms with E-state index >= 15 is 0 Å². The summed E-state index contributed by atoms with van der Waals surface area (Å²) in [4.78, 5) is 13.3. The van der Waals surface area contributed by atoms with Crippen molar-refractivity contribution < 1.29 is 4.79 Å². The maximum absolute atomic E-state index is 11.6. The number of aryl methyl sites for hydroxylation is 1. The first-order chi connectivity index (χ1) is 7.49. The summed E-state index contributed by atoms with van der Waals surface area (Å²) in [5.41, 5.74) is 2.38. The fourth-order valence-electron chi connectivity index (χ4n) is 1.40. The van der Waals surface area contributed by atoms with Gasteiger partial charge in [-0.25, -0.2) is 4.79 Å². The van der Waals surface area contributed by atoms with Crippen molar-refractivity contribution >= 4 is 6.03 Å². The first-order valence-corrected chi connectivity index (χ1v) is 5.56. The number of benzene rings is 1. The highest BCUT2D eigenvalue weighted by atomic mass is 16.2. The lowest BCUT2D eigenvalue weighted by Crippen LogP contribution is -2.40. The molecule has 0 aliphatic rings. The number of amides is 2. The fraction of sp³-hybridized carbons (Fsp3) is 0.462. The number of hydrogen-bond donors (Lipinski definition) is 1. The van der Waals surface area contributed by atoms with Gasteiger partial charge in [0.2, 0.25) is 0 Å². The van der Waals surface area contributed by atoms with Crippen LogP contribution in [-0.2, 0) is 6.54 Å². The Hall–Kier alpha value is -1.51. The summed E-state index contributed by atoms with van der Waals surface area (Å²) in [6.45, 7) is 6.60. The van der Waals surface area contributed by atoms with E-state index in [0.29, 0.717) is 6.54 Å². The third-order valence-corrected chi connectivity index (χ3v) is 2.30. The summed E-state index contributed by atoms with van der Waals surface area (Å²) < 4.78 is 0.